The molecule has 0 heterocycles. The molecule has 2 aromatic rings. The lowest BCUT2D eigenvalue weighted by atomic mass is 10.2. The Morgan fingerprint density at radius 1 is 1.00 bits per heavy atom. The minimum atomic E-state index is -0.402. The monoisotopic (exact) mass is 331 g/mol. The Morgan fingerprint density at radius 3 is 2.35 bits per heavy atom. The summed E-state index contributed by atoms with van der Waals surface area (Å²) < 4.78 is 0. The Labute approximate surface area is 140 Å². The lowest BCUT2D eigenvalue weighted by molar-refractivity contribution is 0.0953. The molecule has 5 nitrogen and oxygen atoms in total. The van der Waals surface area contributed by atoms with Gasteiger partial charge in [-0.05, 0) is 42.8 Å². The SMILES string of the molecule is CCCNC(=O)c1ccc(NC(=O)Nc2ccccc2Cl)cc1. The highest BCUT2D eigenvalue weighted by Gasteiger charge is 2.07. The van der Waals surface area contributed by atoms with Crippen molar-refractivity contribution in [1.29, 1.82) is 0 Å². The number of amides is 3. The summed E-state index contributed by atoms with van der Waals surface area (Å²) in [5.74, 6) is -0.126. The molecule has 0 saturated heterocycles. The number of rotatable bonds is 5. The van der Waals surface area contributed by atoms with Crippen LogP contribution < -0.4 is 16.0 Å². The molecule has 0 radical (unpaired) electrons. The van der Waals surface area contributed by atoms with Gasteiger partial charge in [-0.2, -0.15) is 0 Å². The van der Waals surface area contributed by atoms with E-state index in [1.807, 2.05) is 6.92 Å². The van der Waals surface area contributed by atoms with E-state index in [1.165, 1.54) is 0 Å². The van der Waals surface area contributed by atoms with E-state index in [2.05, 4.69) is 16.0 Å². The Morgan fingerprint density at radius 2 is 1.70 bits per heavy atom. The first-order chi connectivity index (χ1) is 11.1. The number of carbonyl (C=O) groups excluding carboxylic acids is 2. The molecule has 120 valence electrons. The number of benzene rings is 2. The maximum atomic E-state index is 11.9. The Balaban J connectivity index is 1.94. The smallest absolute Gasteiger partial charge is 0.323 e. The zero-order valence-electron chi connectivity index (χ0n) is 12.7. The van der Waals surface area contributed by atoms with Crippen molar-refractivity contribution in [3.8, 4) is 0 Å². The van der Waals surface area contributed by atoms with Gasteiger partial charge in [-0.1, -0.05) is 30.7 Å². The van der Waals surface area contributed by atoms with Gasteiger partial charge in [0.15, 0.2) is 0 Å². The third-order valence-electron chi connectivity index (χ3n) is 3.06. The van der Waals surface area contributed by atoms with Gasteiger partial charge in [0.1, 0.15) is 0 Å². The normalized spacial score (nSPS) is 10.0. The molecule has 0 aliphatic carbocycles. The molecule has 2 rings (SSSR count). The van der Waals surface area contributed by atoms with Gasteiger partial charge in [0.2, 0.25) is 0 Å². The highest BCUT2D eigenvalue weighted by molar-refractivity contribution is 6.33. The Bertz CT molecular complexity index is 686. The standard InChI is InChI=1S/C17H18ClN3O2/c1-2-11-19-16(22)12-7-9-13(10-8-12)20-17(23)21-15-6-4-3-5-14(15)18/h3-10H,2,11H2,1H3,(H,19,22)(H2,20,21,23). The van der Waals surface area contributed by atoms with E-state index in [1.54, 1.807) is 48.5 Å². The van der Waals surface area contributed by atoms with Gasteiger partial charge in [0.05, 0.1) is 10.7 Å². The summed E-state index contributed by atoms with van der Waals surface area (Å²) in [5.41, 5.74) is 1.67. The largest absolute Gasteiger partial charge is 0.352 e. The molecule has 6 heteroatoms. The number of hydrogen-bond donors (Lipinski definition) is 3. The van der Waals surface area contributed by atoms with E-state index >= 15 is 0 Å². The molecule has 0 atom stereocenters. The van der Waals surface area contributed by atoms with Crippen molar-refractivity contribution in [3.05, 3.63) is 59.1 Å². The first-order valence-electron chi connectivity index (χ1n) is 7.31. The van der Waals surface area contributed by atoms with E-state index in [-0.39, 0.29) is 5.91 Å². The maximum absolute atomic E-state index is 11.9. The van der Waals surface area contributed by atoms with Crippen LogP contribution in [-0.4, -0.2) is 18.5 Å². The Kier molecular flexibility index (Phi) is 6.00. The fourth-order valence-electron chi connectivity index (χ4n) is 1.89. The predicted octanol–water partition coefficient (Wildman–Crippen LogP) is 4.12. The van der Waals surface area contributed by atoms with Crippen LogP contribution in [0.25, 0.3) is 0 Å². The predicted molar refractivity (Wildman–Crippen MR) is 93.2 cm³/mol. The number of urea groups is 1. The van der Waals surface area contributed by atoms with Crippen LogP contribution in [0.15, 0.2) is 48.5 Å². The topological polar surface area (TPSA) is 70.2 Å². The average molecular weight is 332 g/mol. The third-order valence-corrected chi connectivity index (χ3v) is 3.39. The van der Waals surface area contributed by atoms with Gasteiger partial charge in [-0.25, -0.2) is 4.79 Å². The molecule has 0 saturated carbocycles. The average Bonchev–Trinajstić information content (AvgIpc) is 2.55. The minimum absolute atomic E-state index is 0.126. The van der Waals surface area contributed by atoms with Crippen molar-refractivity contribution >= 4 is 34.9 Å². The fraction of sp³-hybridized carbons (Fsp3) is 0.176. The number of para-hydroxylation sites is 1. The van der Waals surface area contributed by atoms with Crippen molar-refractivity contribution in [3.63, 3.8) is 0 Å². The molecule has 0 aromatic heterocycles. The van der Waals surface area contributed by atoms with Crippen LogP contribution in [0.4, 0.5) is 16.2 Å². The number of hydrogen-bond acceptors (Lipinski definition) is 2. The van der Waals surface area contributed by atoms with Crippen LogP contribution >= 0.6 is 11.6 Å². The lowest BCUT2D eigenvalue weighted by Crippen LogP contribution is -2.24. The third kappa shape index (κ3) is 5.00. The number of nitrogens with one attached hydrogen (secondary N) is 3. The van der Waals surface area contributed by atoms with Crippen LogP contribution in [0.5, 0.6) is 0 Å². The molecule has 23 heavy (non-hydrogen) atoms. The van der Waals surface area contributed by atoms with Crippen molar-refractivity contribution in [2.75, 3.05) is 17.2 Å². The van der Waals surface area contributed by atoms with Crippen LogP contribution in [-0.2, 0) is 0 Å². The highest BCUT2D eigenvalue weighted by atomic mass is 35.5. The van der Waals surface area contributed by atoms with Crippen molar-refractivity contribution in [2.45, 2.75) is 13.3 Å². The summed E-state index contributed by atoms with van der Waals surface area (Å²) in [4.78, 5) is 23.7. The van der Waals surface area contributed by atoms with Gasteiger partial charge in [-0.15, -0.1) is 0 Å². The van der Waals surface area contributed by atoms with Crippen LogP contribution in [0.2, 0.25) is 5.02 Å². The summed E-state index contributed by atoms with van der Waals surface area (Å²) in [5, 5.41) is 8.61. The van der Waals surface area contributed by atoms with E-state index in [0.29, 0.717) is 28.5 Å². The van der Waals surface area contributed by atoms with Crippen LogP contribution in [0, 0.1) is 0 Å². The van der Waals surface area contributed by atoms with E-state index in [9.17, 15) is 9.59 Å². The van der Waals surface area contributed by atoms with Gasteiger partial charge in [0.25, 0.3) is 5.91 Å². The molecule has 0 aliphatic heterocycles. The molecular weight excluding hydrogens is 314 g/mol. The fourth-order valence-corrected chi connectivity index (χ4v) is 2.08. The van der Waals surface area contributed by atoms with Crippen molar-refractivity contribution < 1.29 is 9.59 Å². The summed E-state index contributed by atoms with van der Waals surface area (Å²) in [6.45, 7) is 2.63. The summed E-state index contributed by atoms with van der Waals surface area (Å²) >= 11 is 5.98. The van der Waals surface area contributed by atoms with Gasteiger partial charge in [-0.3, -0.25) is 4.79 Å². The first kappa shape index (κ1) is 16.8. The highest BCUT2D eigenvalue weighted by Crippen LogP contribution is 2.20. The second kappa shape index (κ2) is 8.19. The molecular formula is C17H18ClN3O2. The quantitative estimate of drug-likeness (QED) is 0.771. The van der Waals surface area contributed by atoms with Gasteiger partial charge < -0.3 is 16.0 Å². The Hall–Kier alpha value is -2.53. The lowest BCUT2D eigenvalue weighted by Gasteiger charge is -2.09. The van der Waals surface area contributed by atoms with E-state index in [4.69, 9.17) is 11.6 Å². The molecule has 2 aromatic carbocycles. The zero-order valence-corrected chi connectivity index (χ0v) is 13.5. The molecule has 0 bridgehead atoms. The second-order valence-electron chi connectivity index (χ2n) is 4.89. The molecule has 0 unspecified atom stereocenters. The molecule has 3 amide bonds. The molecule has 0 spiro atoms. The van der Waals surface area contributed by atoms with Crippen LogP contribution in [0.1, 0.15) is 23.7 Å². The summed E-state index contributed by atoms with van der Waals surface area (Å²) in [6, 6.07) is 13.2. The van der Waals surface area contributed by atoms with Crippen molar-refractivity contribution in [1.82, 2.24) is 5.32 Å². The molecule has 0 aliphatic rings. The number of anilines is 2. The number of halogens is 1. The van der Waals surface area contributed by atoms with E-state index in [0.717, 1.165) is 6.42 Å². The number of carbonyl (C=O) groups is 2. The zero-order chi connectivity index (χ0) is 16.7. The van der Waals surface area contributed by atoms with Crippen molar-refractivity contribution in [2.24, 2.45) is 0 Å². The van der Waals surface area contributed by atoms with Gasteiger partial charge >= 0.3 is 6.03 Å². The maximum Gasteiger partial charge on any atom is 0.323 e. The minimum Gasteiger partial charge on any atom is -0.352 e. The van der Waals surface area contributed by atoms with Crippen LogP contribution in [0.3, 0.4) is 0 Å². The van der Waals surface area contributed by atoms with E-state index < -0.39 is 6.03 Å². The summed E-state index contributed by atoms with van der Waals surface area (Å²) in [7, 11) is 0. The molecule has 0 fully saturated rings. The molecule has 3 N–H and O–H groups in total. The van der Waals surface area contributed by atoms with Gasteiger partial charge in [0, 0.05) is 17.8 Å². The summed E-state index contributed by atoms with van der Waals surface area (Å²) in [6.07, 6.45) is 0.883. The second-order valence-corrected chi connectivity index (χ2v) is 5.30. The first-order valence-corrected chi connectivity index (χ1v) is 7.68.